The van der Waals surface area contributed by atoms with Gasteiger partial charge in [0.05, 0.1) is 0 Å². The van der Waals surface area contributed by atoms with Crippen molar-refractivity contribution < 1.29 is 0 Å². The van der Waals surface area contributed by atoms with E-state index in [9.17, 15) is 4.79 Å². The molecule has 19 heavy (non-hydrogen) atoms. The Bertz CT molecular complexity index is 669. The van der Waals surface area contributed by atoms with Gasteiger partial charge >= 0.3 is 0 Å². The Morgan fingerprint density at radius 1 is 1.21 bits per heavy atom. The van der Waals surface area contributed by atoms with Gasteiger partial charge in [0.1, 0.15) is 0 Å². The van der Waals surface area contributed by atoms with Crippen LogP contribution < -0.4 is 5.43 Å². The third-order valence-corrected chi connectivity index (χ3v) is 4.55. The lowest BCUT2D eigenvalue weighted by Gasteiger charge is -2.31. The molecule has 0 saturated carbocycles. The fourth-order valence-corrected chi connectivity index (χ4v) is 3.44. The van der Waals surface area contributed by atoms with E-state index in [1.54, 1.807) is 0 Å². The topological polar surface area (TPSA) is 32.9 Å². The van der Waals surface area contributed by atoms with E-state index in [0.717, 1.165) is 22.9 Å². The number of aromatic nitrogens is 1. The van der Waals surface area contributed by atoms with Gasteiger partial charge in [-0.3, -0.25) is 4.79 Å². The Morgan fingerprint density at radius 2 is 1.95 bits per heavy atom. The monoisotopic (exact) mass is 255 g/mol. The highest BCUT2D eigenvalue weighted by atomic mass is 16.1. The number of hydrogen-bond acceptors (Lipinski definition) is 1. The highest BCUT2D eigenvalue weighted by molar-refractivity contribution is 5.79. The zero-order valence-electron chi connectivity index (χ0n) is 11.9. The Kier molecular flexibility index (Phi) is 2.96. The fraction of sp³-hybridized carbons (Fsp3) is 0.471. The van der Waals surface area contributed by atoms with Gasteiger partial charge < -0.3 is 4.98 Å². The molecule has 1 N–H and O–H groups in total. The molecule has 1 aromatic heterocycles. The van der Waals surface area contributed by atoms with Gasteiger partial charge in [0.15, 0.2) is 5.43 Å². The number of pyridine rings is 1. The second-order valence-electron chi connectivity index (χ2n) is 6.16. The van der Waals surface area contributed by atoms with Crippen LogP contribution in [0.2, 0.25) is 0 Å². The van der Waals surface area contributed by atoms with E-state index in [1.165, 1.54) is 12.1 Å². The van der Waals surface area contributed by atoms with E-state index in [-0.39, 0.29) is 5.43 Å². The van der Waals surface area contributed by atoms with Crippen LogP contribution in [0.15, 0.2) is 29.1 Å². The number of aromatic amines is 1. The van der Waals surface area contributed by atoms with Crippen LogP contribution in [0.4, 0.5) is 0 Å². The first-order valence-electron chi connectivity index (χ1n) is 7.24. The summed E-state index contributed by atoms with van der Waals surface area (Å²) in [6.07, 6.45) is 2.30. The summed E-state index contributed by atoms with van der Waals surface area (Å²) in [4.78, 5) is 16.3. The van der Waals surface area contributed by atoms with Gasteiger partial charge in [0, 0.05) is 28.1 Å². The Labute approximate surface area is 113 Å². The maximum Gasteiger partial charge on any atom is 0.193 e. The Balaban J connectivity index is 2.34. The molecule has 0 saturated heterocycles. The first-order valence-corrected chi connectivity index (χ1v) is 7.24. The average molecular weight is 255 g/mol. The maximum atomic E-state index is 12.7. The molecule has 1 heterocycles. The van der Waals surface area contributed by atoms with Crippen LogP contribution in [-0.2, 0) is 0 Å². The molecule has 2 aromatic rings. The van der Waals surface area contributed by atoms with Crippen LogP contribution in [0, 0.1) is 5.92 Å². The highest BCUT2D eigenvalue weighted by Crippen LogP contribution is 2.40. The van der Waals surface area contributed by atoms with Crippen molar-refractivity contribution in [3.05, 3.63) is 45.7 Å². The SMILES string of the molecule is CC(C)C1CC[C@@H](C)c2c1[nH]c1ccccc1c2=O. The molecule has 0 amide bonds. The van der Waals surface area contributed by atoms with Crippen molar-refractivity contribution >= 4 is 10.9 Å². The van der Waals surface area contributed by atoms with E-state index in [0.29, 0.717) is 17.8 Å². The minimum Gasteiger partial charge on any atom is -0.358 e. The molecule has 0 radical (unpaired) electrons. The number of H-pyrrole nitrogens is 1. The molecular weight excluding hydrogens is 234 g/mol. The van der Waals surface area contributed by atoms with Crippen LogP contribution in [-0.4, -0.2) is 4.98 Å². The molecule has 3 rings (SSSR count). The van der Waals surface area contributed by atoms with Crippen molar-refractivity contribution in [2.75, 3.05) is 0 Å². The second-order valence-corrected chi connectivity index (χ2v) is 6.16. The molecule has 2 nitrogen and oxygen atoms in total. The minimum atomic E-state index is 0.238. The summed E-state index contributed by atoms with van der Waals surface area (Å²) in [6, 6.07) is 7.87. The molecule has 1 aromatic carbocycles. The van der Waals surface area contributed by atoms with Gasteiger partial charge in [-0.25, -0.2) is 0 Å². The van der Waals surface area contributed by atoms with E-state index < -0.39 is 0 Å². The molecule has 1 aliphatic carbocycles. The van der Waals surface area contributed by atoms with Crippen molar-refractivity contribution in [2.45, 2.75) is 45.4 Å². The minimum absolute atomic E-state index is 0.238. The highest BCUT2D eigenvalue weighted by Gasteiger charge is 2.30. The van der Waals surface area contributed by atoms with E-state index in [1.807, 2.05) is 24.3 Å². The molecule has 1 aliphatic rings. The summed E-state index contributed by atoms with van der Waals surface area (Å²) in [5.74, 6) is 1.44. The average Bonchev–Trinajstić information content (AvgIpc) is 2.38. The number of rotatable bonds is 1. The van der Waals surface area contributed by atoms with Crippen molar-refractivity contribution in [3.63, 3.8) is 0 Å². The lowest BCUT2D eigenvalue weighted by atomic mass is 9.75. The maximum absolute atomic E-state index is 12.7. The number of hydrogen-bond donors (Lipinski definition) is 1. The Hall–Kier alpha value is -1.57. The van der Waals surface area contributed by atoms with Gasteiger partial charge in [-0.2, -0.15) is 0 Å². The molecule has 0 bridgehead atoms. The van der Waals surface area contributed by atoms with E-state index >= 15 is 0 Å². The predicted molar refractivity (Wildman–Crippen MR) is 79.8 cm³/mol. The molecule has 1 unspecified atom stereocenters. The van der Waals surface area contributed by atoms with Crippen LogP contribution in [0.1, 0.15) is 56.7 Å². The normalized spacial score (nSPS) is 22.7. The summed E-state index contributed by atoms with van der Waals surface area (Å²) in [7, 11) is 0. The zero-order valence-corrected chi connectivity index (χ0v) is 11.9. The van der Waals surface area contributed by atoms with Crippen molar-refractivity contribution in [1.82, 2.24) is 4.98 Å². The third kappa shape index (κ3) is 1.90. The van der Waals surface area contributed by atoms with Gasteiger partial charge in [-0.05, 0) is 36.8 Å². The number of para-hydroxylation sites is 1. The molecule has 100 valence electrons. The summed E-state index contributed by atoms with van der Waals surface area (Å²) in [5, 5.41) is 0.831. The third-order valence-electron chi connectivity index (χ3n) is 4.55. The summed E-state index contributed by atoms with van der Waals surface area (Å²) in [6.45, 7) is 6.68. The van der Waals surface area contributed by atoms with Crippen molar-refractivity contribution in [2.24, 2.45) is 5.92 Å². The summed E-state index contributed by atoms with van der Waals surface area (Å²) < 4.78 is 0. The van der Waals surface area contributed by atoms with Gasteiger partial charge in [0.25, 0.3) is 0 Å². The van der Waals surface area contributed by atoms with Gasteiger partial charge in [0.2, 0.25) is 0 Å². The first-order chi connectivity index (χ1) is 9.09. The fourth-order valence-electron chi connectivity index (χ4n) is 3.44. The summed E-state index contributed by atoms with van der Waals surface area (Å²) >= 11 is 0. The van der Waals surface area contributed by atoms with Gasteiger partial charge in [-0.15, -0.1) is 0 Å². The van der Waals surface area contributed by atoms with Crippen molar-refractivity contribution in [1.29, 1.82) is 0 Å². The molecule has 2 atom stereocenters. The number of benzene rings is 1. The van der Waals surface area contributed by atoms with Crippen LogP contribution >= 0.6 is 0 Å². The smallest absolute Gasteiger partial charge is 0.193 e. The molecule has 0 spiro atoms. The van der Waals surface area contributed by atoms with E-state index in [2.05, 4.69) is 25.8 Å². The second kappa shape index (κ2) is 4.52. The van der Waals surface area contributed by atoms with Crippen LogP contribution in [0.5, 0.6) is 0 Å². The predicted octanol–water partition coefficient (Wildman–Crippen LogP) is 4.17. The molecule has 0 fully saturated rings. The Morgan fingerprint density at radius 3 is 2.68 bits per heavy atom. The largest absolute Gasteiger partial charge is 0.358 e. The number of nitrogens with one attached hydrogen (secondary N) is 1. The lowest BCUT2D eigenvalue weighted by molar-refractivity contribution is 0.400. The molecule has 2 heteroatoms. The lowest BCUT2D eigenvalue weighted by Crippen LogP contribution is -2.26. The molecule has 0 aliphatic heterocycles. The quantitative estimate of drug-likeness (QED) is 0.815. The zero-order chi connectivity index (χ0) is 13.6. The summed E-state index contributed by atoms with van der Waals surface area (Å²) in [5.41, 5.74) is 3.44. The van der Waals surface area contributed by atoms with Crippen LogP contribution in [0.3, 0.4) is 0 Å². The van der Waals surface area contributed by atoms with Crippen LogP contribution in [0.25, 0.3) is 10.9 Å². The first kappa shape index (κ1) is 12.5. The standard InChI is InChI=1S/C17H21NO/c1-10(2)12-9-8-11(3)15-16(12)18-14-7-5-4-6-13(14)17(15)19/h4-7,10-12H,8-9H2,1-3H3,(H,18,19)/t11-,12?/m1/s1. The van der Waals surface area contributed by atoms with Gasteiger partial charge in [-0.1, -0.05) is 32.9 Å². The van der Waals surface area contributed by atoms with E-state index in [4.69, 9.17) is 0 Å². The van der Waals surface area contributed by atoms with Crippen molar-refractivity contribution in [3.8, 4) is 0 Å². The molecular formula is C17H21NO. The number of fused-ring (bicyclic) bond motifs is 2.